The summed E-state index contributed by atoms with van der Waals surface area (Å²) in [5.41, 5.74) is 0. The van der Waals surface area contributed by atoms with Crippen molar-refractivity contribution in [1.29, 1.82) is 0 Å². The van der Waals surface area contributed by atoms with Gasteiger partial charge in [-0.05, 0) is 13.8 Å². The topological polar surface area (TPSA) is 84.8 Å². The van der Waals surface area contributed by atoms with Crippen molar-refractivity contribution in [1.82, 2.24) is 5.32 Å². The molecule has 1 aliphatic rings. The van der Waals surface area contributed by atoms with E-state index in [9.17, 15) is 14.5 Å². The maximum absolute atomic E-state index is 12.2. The van der Waals surface area contributed by atoms with E-state index >= 15 is 0 Å². The Morgan fingerprint density at radius 2 is 1.95 bits per heavy atom. The van der Waals surface area contributed by atoms with Crippen LogP contribution in [0.1, 0.15) is 33.6 Å². The molecule has 0 saturated carbocycles. The van der Waals surface area contributed by atoms with Crippen LogP contribution in [0.25, 0.3) is 0 Å². The largest absolute Gasteiger partial charge is 1.00 e. The third-order valence-electron chi connectivity index (χ3n) is 4.01. The van der Waals surface area contributed by atoms with Crippen molar-refractivity contribution in [3.63, 3.8) is 0 Å². The molecule has 22 heavy (non-hydrogen) atoms. The van der Waals surface area contributed by atoms with Crippen LogP contribution in [0.3, 0.4) is 0 Å². The van der Waals surface area contributed by atoms with Gasteiger partial charge in [0, 0.05) is 41.5 Å². The van der Waals surface area contributed by atoms with Crippen LogP contribution in [-0.4, -0.2) is 54.0 Å². The van der Waals surface area contributed by atoms with Crippen molar-refractivity contribution in [2.24, 2.45) is 4.58 Å². The summed E-state index contributed by atoms with van der Waals surface area (Å²) < 4.78 is 8.47. The highest BCUT2D eigenvalue weighted by molar-refractivity contribution is 7.98. The summed E-state index contributed by atoms with van der Waals surface area (Å²) in [6.45, 7) is 7.58. The molecule has 128 valence electrons. The smallest absolute Gasteiger partial charge is 0.387 e. The van der Waals surface area contributed by atoms with E-state index in [1.54, 1.807) is 6.92 Å². The van der Waals surface area contributed by atoms with E-state index in [2.05, 4.69) is 9.90 Å². The van der Waals surface area contributed by atoms with Gasteiger partial charge in [-0.25, -0.2) is 4.79 Å². The number of piperidine rings is 1. The molecule has 7 nitrogen and oxygen atoms in total. The first-order valence-electron chi connectivity index (χ1n) is 7.27. The van der Waals surface area contributed by atoms with Gasteiger partial charge in [0.25, 0.3) is 6.17 Å². The minimum Gasteiger partial charge on any atom is -1.00 e. The van der Waals surface area contributed by atoms with E-state index in [0.29, 0.717) is 17.6 Å². The molecule has 1 rings (SSSR count). The number of carbonyl (C=O) groups is 2. The van der Waals surface area contributed by atoms with E-state index in [1.807, 2.05) is 6.92 Å². The van der Waals surface area contributed by atoms with Crippen LogP contribution < -0.4 is 17.7 Å². The van der Waals surface area contributed by atoms with Crippen LogP contribution in [-0.2, 0) is 14.3 Å². The number of nitrogens with one attached hydrogen (secondary N) is 1. The first-order chi connectivity index (χ1) is 9.99. The Bertz CT molecular complexity index is 389. The Balaban J connectivity index is 0.00000441. The highest BCUT2D eigenvalue weighted by Gasteiger charge is 2.45. The van der Waals surface area contributed by atoms with Gasteiger partial charge in [-0.2, -0.15) is 0 Å². The monoisotopic (exact) mass is 353 g/mol. The van der Waals surface area contributed by atoms with Gasteiger partial charge in [-0.15, -0.1) is 4.91 Å². The Kier molecular flexibility index (Phi) is 9.63. The van der Waals surface area contributed by atoms with Crippen LogP contribution in [0, 0.1) is 4.91 Å². The normalized spacial score (nSPS) is 25.5. The molecule has 0 spiro atoms. The Labute approximate surface area is 141 Å². The van der Waals surface area contributed by atoms with Crippen molar-refractivity contribution in [3.05, 3.63) is 4.91 Å². The molecule has 1 heterocycles. The summed E-state index contributed by atoms with van der Waals surface area (Å²) >= 11 is 1.06. The summed E-state index contributed by atoms with van der Waals surface area (Å²) in [6, 6.07) is 0. The van der Waals surface area contributed by atoms with Crippen molar-refractivity contribution in [2.75, 3.05) is 26.2 Å². The predicted octanol–water partition coefficient (Wildman–Crippen LogP) is -1.57. The van der Waals surface area contributed by atoms with Gasteiger partial charge < -0.3 is 17.1 Å². The molecule has 1 atom stereocenters. The van der Waals surface area contributed by atoms with Gasteiger partial charge >= 0.3 is 5.97 Å². The summed E-state index contributed by atoms with van der Waals surface area (Å²) in [6.07, 6.45) is 0.905. The number of amides is 1. The minimum atomic E-state index is -0.678. The SMILES string of the molecule is CCOC(=O)[C@H](NC(C)=O)[N+]1(CC)CCC(SN=O)CC1.[Cl-]. The third-order valence-corrected chi connectivity index (χ3v) is 4.87. The molecule has 1 aliphatic heterocycles. The number of ether oxygens (including phenoxy) is 1. The maximum Gasteiger partial charge on any atom is 0.387 e. The van der Waals surface area contributed by atoms with Crippen LogP contribution in [0.15, 0.2) is 4.58 Å². The number of hydrogen-bond acceptors (Lipinski definition) is 6. The zero-order valence-corrected chi connectivity index (χ0v) is 14.8. The van der Waals surface area contributed by atoms with Gasteiger partial charge in [0.15, 0.2) is 0 Å². The average Bonchev–Trinajstić information content (AvgIpc) is 2.46. The van der Waals surface area contributed by atoms with Crippen molar-refractivity contribution in [3.8, 4) is 0 Å². The molecule has 0 radical (unpaired) electrons. The number of hydrogen-bond donors (Lipinski definition) is 1. The molecule has 1 N–H and O–H groups in total. The quantitative estimate of drug-likeness (QED) is 0.259. The lowest BCUT2D eigenvalue weighted by molar-refractivity contribution is -0.947. The van der Waals surface area contributed by atoms with Crippen LogP contribution in [0.2, 0.25) is 0 Å². The third kappa shape index (κ3) is 5.40. The highest BCUT2D eigenvalue weighted by Crippen LogP contribution is 2.30. The number of esters is 1. The van der Waals surface area contributed by atoms with E-state index in [0.717, 1.165) is 31.3 Å². The zero-order chi connectivity index (χ0) is 15.9. The lowest BCUT2D eigenvalue weighted by Gasteiger charge is -2.46. The second-order valence-corrected chi connectivity index (χ2v) is 6.24. The fourth-order valence-corrected chi connectivity index (χ4v) is 3.36. The van der Waals surface area contributed by atoms with Crippen molar-refractivity contribution < 1.29 is 31.2 Å². The number of likely N-dealkylation sites (N-methyl/N-ethyl adjacent to an activating group) is 1. The number of nitroso groups, excluding NO2 is 1. The summed E-state index contributed by atoms with van der Waals surface area (Å²) in [5, 5.41) is 2.93. The second kappa shape index (κ2) is 10.0. The van der Waals surface area contributed by atoms with E-state index < -0.39 is 12.1 Å². The van der Waals surface area contributed by atoms with E-state index in [4.69, 9.17) is 4.74 Å². The number of halogens is 1. The molecule has 0 aliphatic carbocycles. The molecule has 0 bridgehead atoms. The van der Waals surface area contributed by atoms with Gasteiger partial charge in [0.2, 0.25) is 5.91 Å². The van der Waals surface area contributed by atoms with E-state index in [1.165, 1.54) is 6.92 Å². The van der Waals surface area contributed by atoms with Gasteiger partial charge in [0.1, 0.15) is 0 Å². The molecule has 0 aromatic carbocycles. The standard InChI is InChI=1S/C13H23N3O4S.ClH/c1-4-16(8-6-11(7-9-16)21-15-19)12(14-10(3)17)13(18)20-5-2;/h11-12H,4-9H2,1-3H3;1H/t11?,12-,16?;/m1./s1. The molecule has 1 amide bonds. The molecular weight excluding hydrogens is 330 g/mol. The molecule has 9 heteroatoms. The van der Waals surface area contributed by atoms with Crippen molar-refractivity contribution in [2.45, 2.75) is 45.0 Å². The summed E-state index contributed by atoms with van der Waals surface area (Å²) in [5.74, 6) is -0.640. The molecule has 0 unspecified atom stereocenters. The Morgan fingerprint density at radius 1 is 1.36 bits per heavy atom. The number of nitrogens with zero attached hydrogens (tertiary/aromatic N) is 2. The number of carbonyl (C=O) groups excluding carboxylic acids is 2. The summed E-state index contributed by atoms with van der Waals surface area (Å²) in [4.78, 5) is 34.0. The lowest BCUT2D eigenvalue weighted by atomic mass is 10.1. The molecule has 1 saturated heterocycles. The second-order valence-electron chi connectivity index (χ2n) is 5.22. The van der Waals surface area contributed by atoms with Crippen molar-refractivity contribution >= 4 is 23.8 Å². The fourth-order valence-electron chi connectivity index (χ4n) is 2.81. The number of likely N-dealkylation sites (tertiary alicyclic amines) is 1. The van der Waals surface area contributed by atoms with Crippen LogP contribution in [0.4, 0.5) is 0 Å². The Morgan fingerprint density at radius 3 is 2.36 bits per heavy atom. The van der Waals surface area contributed by atoms with E-state index in [-0.39, 0.29) is 30.2 Å². The molecule has 1 fully saturated rings. The number of rotatable bonds is 7. The first-order valence-corrected chi connectivity index (χ1v) is 8.10. The molecular formula is C13H24ClN3O4S. The first kappa shape index (κ1) is 21.1. The average molecular weight is 354 g/mol. The predicted molar refractivity (Wildman–Crippen MR) is 81.2 cm³/mol. The number of quaternary nitrogens is 1. The van der Waals surface area contributed by atoms with Gasteiger partial charge in [0.05, 0.1) is 26.2 Å². The van der Waals surface area contributed by atoms with Gasteiger partial charge in [-0.3, -0.25) is 14.6 Å². The summed E-state index contributed by atoms with van der Waals surface area (Å²) in [7, 11) is 0. The highest BCUT2D eigenvalue weighted by atomic mass is 35.5. The molecule has 0 aromatic rings. The van der Waals surface area contributed by atoms with Crippen LogP contribution >= 0.6 is 11.9 Å². The molecule has 0 aromatic heterocycles. The Hall–Kier alpha value is -0.860. The van der Waals surface area contributed by atoms with Gasteiger partial charge in [-0.1, -0.05) is 0 Å². The van der Waals surface area contributed by atoms with Crippen LogP contribution in [0.5, 0.6) is 0 Å². The minimum absolute atomic E-state index is 0. The lowest BCUT2D eigenvalue weighted by Crippen LogP contribution is -3.00. The fraction of sp³-hybridized carbons (Fsp3) is 0.846. The zero-order valence-electron chi connectivity index (χ0n) is 13.2. The maximum atomic E-state index is 12.2.